The third kappa shape index (κ3) is 11.9. The van der Waals surface area contributed by atoms with Crippen molar-refractivity contribution in [2.45, 2.75) is 89.8 Å². The zero-order chi connectivity index (χ0) is 42.1. The molecule has 0 aliphatic carbocycles. The lowest BCUT2D eigenvalue weighted by atomic mass is 9.86. The summed E-state index contributed by atoms with van der Waals surface area (Å²) in [5.41, 5.74) is -0.0342. The van der Waals surface area contributed by atoms with E-state index in [2.05, 4.69) is 9.47 Å². The zero-order valence-electron chi connectivity index (χ0n) is 33.6. The molecular weight excluding hydrogens is 738 g/mol. The zero-order valence-corrected chi connectivity index (χ0v) is 33.6. The molecule has 16 heteroatoms. The summed E-state index contributed by atoms with van der Waals surface area (Å²) in [6.07, 6.45) is -3.06. The smallest absolute Gasteiger partial charge is 0.410 e. The summed E-state index contributed by atoms with van der Waals surface area (Å²) in [7, 11) is 4.82. The summed E-state index contributed by atoms with van der Waals surface area (Å²) in [4.78, 5) is 74.9. The third-order valence-electron chi connectivity index (χ3n) is 8.95. The molecule has 0 bridgehead atoms. The van der Waals surface area contributed by atoms with Gasteiger partial charge in [0.2, 0.25) is 0 Å². The van der Waals surface area contributed by atoms with Crippen LogP contribution in [0.4, 0.5) is 18.4 Å². The summed E-state index contributed by atoms with van der Waals surface area (Å²) in [6.45, 7) is 11.0. The van der Waals surface area contributed by atoms with Gasteiger partial charge in [-0.1, -0.05) is 12.1 Å². The molecule has 2 saturated heterocycles. The van der Waals surface area contributed by atoms with Gasteiger partial charge >= 0.3 is 36.1 Å². The van der Waals surface area contributed by atoms with Gasteiger partial charge in [0.1, 0.15) is 23.5 Å². The lowest BCUT2D eigenvalue weighted by molar-refractivity contribution is 0.0104. The maximum Gasteiger partial charge on any atom is 0.410 e. The lowest BCUT2D eigenvalue weighted by Gasteiger charge is -2.36. The van der Waals surface area contributed by atoms with Crippen molar-refractivity contribution in [3.05, 3.63) is 69.8 Å². The van der Waals surface area contributed by atoms with Gasteiger partial charge in [0.25, 0.3) is 0 Å². The van der Waals surface area contributed by atoms with E-state index < -0.39 is 71.4 Å². The average molecular weight is 791 g/mol. The molecule has 56 heavy (non-hydrogen) atoms. The number of likely N-dealkylation sites (tertiary alicyclic amines) is 2. The van der Waals surface area contributed by atoms with Gasteiger partial charge in [-0.25, -0.2) is 37.5 Å². The van der Waals surface area contributed by atoms with Gasteiger partial charge < -0.3 is 38.2 Å². The van der Waals surface area contributed by atoms with Crippen LogP contribution in [0.5, 0.6) is 0 Å². The molecule has 2 aliphatic heterocycles. The molecule has 2 aromatic rings. The molecule has 0 N–H and O–H groups in total. The summed E-state index contributed by atoms with van der Waals surface area (Å²) in [6, 6.07) is 8.97. The number of methoxy groups -OCH3 is 4. The quantitative estimate of drug-likeness (QED) is 0.227. The molecule has 2 aromatic carbocycles. The van der Waals surface area contributed by atoms with E-state index in [0.717, 1.165) is 0 Å². The third-order valence-corrected chi connectivity index (χ3v) is 8.95. The Morgan fingerprint density at radius 2 is 0.839 bits per heavy atom. The Hall–Kier alpha value is -5.28. The van der Waals surface area contributed by atoms with Gasteiger partial charge in [0.15, 0.2) is 0 Å². The van der Waals surface area contributed by atoms with Crippen LogP contribution in [-0.2, 0) is 28.4 Å². The Kier molecular flexibility index (Phi) is 15.3. The first-order valence-corrected chi connectivity index (χ1v) is 18.0. The molecule has 4 atom stereocenters. The minimum atomic E-state index is -1.34. The number of piperidine rings is 2. The maximum atomic E-state index is 14.9. The highest BCUT2D eigenvalue weighted by molar-refractivity contribution is 6.04. The predicted octanol–water partition coefficient (Wildman–Crippen LogP) is 6.64. The molecule has 0 saturated carbocycles. The Balaban J connectivity index is 0.000000300. The number of ether oxygens (including phenoxy) is 6. The van der Waals surface area contributed by atoms with Gasteiger partial charge in [0.05, 0.1) is 63.8 Å². The molecule has 14 nitrogen and oxygen atoms in total. The van der Waals surface area contributed by atoms with Crippen LogP contribution >= 0.6 is 0 Å². The van der Waals surface area contributed by atoms with E-state index in [0.29, 0.717) is 37.1 Å². The molecule has 2 heterocycles. The maximum absolute atomic E-state index is 14.9. The number of hydrogen-bond donors (Lipinski definition) is 0. The Bertz CT molecular complexity index is 1640. The van der Waals surface area contributed by atoms with E-state index in [1.54, 1.807) is 53.7 Å². The lowest BCUT2D eigenvalue weighted by Crippen LogP contribution is -2.46. The van der Waals surface area contributed by atoms with Crippen molar-refractivity contribution in [3.63, 3.8) is 0 Å². The normalized spacial score (nSPS) is 19.7. The number of alkyl halides is 2. The number of esters is 4. The van der Waals surface area contributed by atoms with Gasteiger partial charge in [-0.05, 0) is 89.8 Å². The molecule has 4 rings (SSSR count). The fourth-order valence-corrected chi connectivity index (χ4v) is 6.26. The summed E-state index contributed by atoms with van der Waals surface area (Å²) in [5, 5.41) is 0. The van der Waals surface area contributed by atoms with Crippen molar-refractivity contribution < 1.29 is 66.0 Å². The highest BCUT2D eigenvalue weighted by Gasteiger charge is 2.37. The molecule has 2 aliphatic rings. The minimum absolute atomic E-state index is 0.0219. The van der Waals surface area contributed by atoms with E-state index in [4.69, 9.17) is 18.9 Å². The average Bonchev–Trinajstić information content (AvgIpc) is 3.14. The SMILES string of the molecule is COC(=O)c1ccc([C@@H]2CCN(C(=O)OC(C)(C)C)C[C@@H]2F)cc1C(=O)OC.COC(=O)c1ccc([C@H]2CCN(C(=O)OC(C)(C)C)C[C@H]2F)cc1C(=O)OC. The summed E-state index contributed by atoms with van der Waals surface area (Å²) < 4.78 is 59.1. The molecule has 2 fully saturated rings. The molecule has 2 amide bonds. The first-order chi connectivity index (χ1) is 26.1. The second kappa shape index (κ2) is 19.0. The predicted molar refractivity (Wildman–Crippen MR) is 198 cm³/mol. The summed E-state index contributed by atoms with van der Waals surface area (Å²) >= 11 is 0. The number of hydrogen-bond acceptors (Lipinski definition) is 12. The van der Waals surface area contributed by atoms with Crippen molar-refractivity contribution in [1.29, 1.82) is 0 Å². The number of carbonyl (C=O) groups excluding carboxylic acids is 6. The van der Waals surface area contributed by atoms with Crippen molar-refractivity contribution in [2.24, 2.45) is 0 Å². The number of carbonyl (C=O) groups is 6. The Morgan fingerprint density at radius 1 is 0.536 bits per heavy atom. The van der Waals surface area contributed by atoms with Crippen LogP contribution < -0.4 is 0 Å². The van der Waals surface area contributed by atoms with E-state index in [1.807, 2.05) is 0 Å². The van der Waals surface area contributed by atoms with Crippen LogP contribution in [0.2, 0.25) is 0 Å². The van der Waals surface area contributed by atoms with E-state index >= 15 is 0 Å². The van der Waals surface area contributed by atoms with Crippen LogP contribution in [0.25, 0.3) is 0 Å². The standard InChI is InChI=1S/2C20H26FNO6/c2*1-20(2,3)28-19(25)22-9-8-13(16(21)11-22)12-6-7-14(17(23)26-4)15(10-12)18(24)27-5/h2*6-7,10,13,16H,8-9,11H2,1-5H3/t2*13-,16-/m10/s1. The van der Waals surface area contributed by atoms with Gasteiger partial charge in [-0.15, -0.1) is 0 Å². The molecule has 0 unspecified atom stereocenters. The molecular formula is C40H52F2N2O12. The molecule has 308 valence electrons. The van der Waals surface area contributed by atoms with Crippen LogP contribution in [0.1, 0.15) is 119 Å². The topological polar surface area (TPSA) is 164 Å². The Morgan fingerprint density at radius 3 is 1.11 bits per heavy atom. The van der Waals surface area contributed by atoms with Crippen LogP contribution in [0.15, 0.2) is 36.4 Å². The number of amides is 2. The molecule has 0 radical (unpaired) electrons. The van der Waals surface area contributed by atoms with Crippen molar-refractivity contribution in [1.82, 2.24) is 9.80 Å². The number of benzene rings is 2. The van der Waals surface area contributed by atoms with E-state index in [-0.39, 0.29) is 35.3 Å². The molecule has 0 spiro atoms. The van der Waals surface area contributed by atoms with Crippen LogP contribution in [0.3, 0.4) is 0 Å². The van der Waals surface area contributed by atoms with Crippen molar-refractivity contribution in [2.75, 3.05) is 54.6 Å². The second-order valence-electron chi connectivity index (χ2n) is 15.3. The second-order valence-corrected chi connectivity index (χ2v) is 15.3. The van der Waals surface area contributed by atoms with Gasteiger partial charge in [-0.2, -0.15) is 0 Å². The minimum Gasteiger partial charge on any atom is -0.465 e. The monoisotopic (exact) mass is 790 g/mol. The van der Waals surface area contributed by atoms with Crippen LogP contribution in [0, 0.1) is 0 Å². The fraction of sp³-hybridized carbons (Fsp3) is 0.550. The number of rotatable bonds is 6. The highest BCUT2D eigenvalue weighted by Crippen LogP contribution is 2.34. The first-order valence-electron chi connectivity index (χ1n) is 18.0. The van der Waals surface area contributed by atoms with E-state index in [1.165, 1.54) is 62.5 Å². The molecule has 0 aromatic heterocycles. The van der Waals surface area contributed by atoms with Crippen molar-refractivity contribution >= 4 is 36.1 Å². The fourth-order valence-electron chi connectivity index (χ4n) is 6.26. The first kappa shape index (κ1) is 45.1. The van der Waals surface area contributed by atoms with Crippen LogP contribution in [-0.4, -0.2) is 124 Å². The largest absolute Gasteiger partial charge is 0.465 e. The van der Waals surface area contributed by atoms with Gasteiger partial charge in [0, 0.05) is 24.9 Å². The number of halogens is 2. The van der Waals surface area contributed by atoms with Crippen molar-refractivity contribution in [3.8, 4) is 0 Å². The number of nitrogens with zero attached hydrogens (tertiary/aromatic N) is 2. The van der Waals surface area contributed by atoms with Gasteiger partial charge in [-0.3, -0.25) is 0 Å². The summed E-state index contributed by atoms with van der Waals surface area (Å²) in [5.74, 6) is -3.80. The highest BCUT2D eigenvalue weighted by atomic mass is 19.1. The van der Waals surface area contributed by atoms with E-state index in [9.17, 15) is 37.5 Å². The Labute approximate surface area is 325 Å².